The minimum Gasteiger partial charge on any atom is -0.456 e. The molecular formula is C14H12BrCl2NO. The molecule has 0 aliphatic rings. The van der Waals surface area contributed by atoms with Gasteiger partial charge in [0.2, 0.25) is 0 Å². The van der Waals surface area contributed by atoms with Crippen molar-refractivity contribution in [2.24, 2.45) is 5.73 Å². The second-order valence-electron chi connectivity index (χ2n) is 3.97. The molecule has 0 amide bonds. The van der Waals surface area contributed by atoms with Gasteiger partial charge in [0.05, 0.1) is 5.02 Å². The molecule has 0 saturated heterocycles. The summed E-state index contributed by atoms with van der Waals surface area (Å²) in [5.41, 5.74) is 6.69. The fraction of sp³-hybridized carbons (Fsp3) is 0.143. The van der Waals surface area contributed by atoms with Crippen molar-refractivity contribution in [1.82, 2.24) is 0 Å². The van der Waals surface area contributed by atoms with Crippen molar-refractivity contribution in [3.63, 3.8) is 0 Å². The van der Waals surface area contributed by atoms with Gasteiger partial charge in [0, 0.05) is 15.6 Å². The molecule has 0 saturated carbocycles. The molecule has 0 aromatic heterocycles. The van der Waals surface area contributed by atoms with Crippen molar-refractivity contribution in [2.75, 3.05) is 6.54 Å². The van der Waals surface area contributed by atoms with Gasteiger partial charge in [-0.2, -0.15) is 0 Å². The van der Waals surface area contributed by atoms with Crippen LogP contribution in [0.1, 0.15) is 5.56 Å². The molecule has 100 valence electrons. The molecule has 0 fully saturated rings. The highest BCUT2D eigenvalue weighted by Crippen LogP contribution is 2.33. The van der Waals surface area contributed by atoms with Crippen LogP contribution >= 0.6 is 39.1 Å². The molecule has 0 spiro atoms. The quantitative estimate of drug-likeness (QED) is 0.827. The van der Waals surface area contributed by atoms with Gasteiger partial charge in [-0.3, -0.25) is 0 Å². The predicted octanol–water partition coefficient (Wildman–Crippen LogP) is 5.05. The van der Waals surface area contributed by atoms with E-state index in [4.69, 9.17) is 33.7 Å². The zero-order valence-electron chi connectivity index (χ0n) is 10.00. The summed E-state index contributed by atoms with van der Waals surface area (Å²) < 4.78 is 6.69. The Hall–Kier alpha value is -0.740. The highest BCUT2D eigenvalue weighted by atomic mass is 79.9. The lowest BCUT2D eigenvalue weighted by Crippen LogP contribution is -2.03. The van der Waals surface area contributed by atoms with Crippen LogP contribution in [-0.4, -0.2) is 6.54 Å². The average molecular weight is 361 g/mol. The molecule has 2 nitrogen and oxygen atoms in total. The van der Waals surface area contributed by atoms with Crippen molar-refractivity contribution in [3.8, 4) is 11.5 Å². The summed E-state index contributed by atoms with van der Waals surface area (Å²) >= 11 is 15.5. The Morgan fingerprint density at radius 1 is 1.11 bits per heavy atom. The van der Waals surface area contributed by atoms with E-state index in [9.17, 15) is 0 Å². The van der Waals surface area contributed by atoms with Crippen molar-refractivity contribution in [1.29, 1.82) is 0 Å². The van der Waals surface area contributed by atoms with Gasteiger partial charge in [-0.1, -0.05) is 45.2 Å². The van der Waals surface area contributed by atoms with Gasteiger partial charge >= 0.3 is 0 Å². The number of benzene rings is 2. The van der Waals surface area contributed by atoms with E-state index in [0.29, 0.717) is 28.1 Å². The van der Waals surface area contributed by atoms with E-state index in [-0.39, 0.29) is 0 Å². The lowest BCUT2D eigenvalue weighted by atomic mass is 10.1. The molecule has 0 radical (unpaired) electrons. The summed E-state index contributed by atoms with van der Waals surface area (Å²) in [5.74, 6) is 1.23. The lowest BCUT2D eigenvalue weighted by Gasteiger charge is -2.10. The fourth-order valence-corrected chi connectivity index (χ4v) is 2.51. The monoisotopic (exact) mass is 359 g/mol. The van der Waals surface area contributed by atoms with E-state index in [2.05, 4.69) is 15.9 Å². The van der Waals surface area contributed by atoms with Gasteiger partial charge in [0.25, 0.3) is 0 Å². The summed E-state index contributed by atoms with van der Waals surface area (Å²) in [6, 6.07) is 10.9. The SMILES string of the molecule is NCCc1ccc(Oc2cc(Cl)ccc2Cl)cc1Br. The van der Waals surface area contributed by atoms with Crippen LogP contribution in [0.4, 0.5) is 0 Å². The first-order valence-electron chi connectivity index (χ1n) is 5.71. The third kappa shape index (κ3) is 3.86. The fourth-order valence-electron chi connectivity index (χ4n) is 1.63. The van der Waals surface area contributed by atoms with Crippen molar-refractivity contribution < 1.29 is 4.74 Å². The molecule has 2 aromatic carbocycles. The Kier molecular flexibility index (Phi) is 5.11. The Bertz CT molecular complexity index is 590. The Morgan fingerprint density at radius 3 is 2.58 bits per heavy atom. The Morgan fingerprint density at radius 2 is 1.89 bits per heavy atom. The van der Waals surface area contributed by atoms with Crippen LogP contribution in [0.2, 0.25) is 10.0 Å². The molecule has 0 unspecified atom stereocenters. The minimum atomic E-state index is 0.520. The summed E-state index contributed by atoms with van der Waals surface area (Å²) in [6.07, 6.45) is 0.818. The number of hydrogen-bond acceptors (Lipinski definition) is 2. The van der Waals surface area contributed by atoms with E-state index in [1.165, 1.54) is 0 Å². The van der Waals surface area contributed by atoms with Crippen molar-refractivity contribution in [2.45, 2.75) is 6.42 Å². The first-order valence-corrected chi connectivity index (χ1v) is 7.26. The summed E-state index contributed by atoms with van der Waals surface area (Å²) in [4.78, 5) is 0. The Labute approximate surface area is 130 Å². The first-order chi connectivity index (χ1) is 9.10. The third-order valence-electron chi connectivity index (χ3n) is 2.56. The number of halogens is 3. The highest BCUT2D eigenvalue weighted by molar-refractivity contribution is 9.10. The molecule has 2 N–H and O–H groups in total. The van der Waals surface area contributed by atoms with E-state index < -0.39 is 0 Å². The summed E-state index contributed by atoms with van der Waals surface area (Å²) in [7, 11) is 0. The van der Waals surface area contributed by atoms with E-state index in [0.717, 1.165) is 16.5 Å². The van der Waals surface area contributed by atoms with Crippen LogP contribution in [0.5, 0.6) is 11.5 Å². The number of ether oxygens (including phenoxy) is 1. The maximum atomic E-state index is 6.06. The van der Waals surface area contributed by atoms with Crippen LogP contribution in [0, 0.1) is 0 Å². The molecule has 0 bridgehead atoms. The molecule has 2 aromatic rings. The standard InChI is InChI=1S/C14H12BrCl2NO/c15-12-8-11(3-1-9(12)5-6-18)19-14-7-10(16)2-4-13(14)17/h1-4,7-8H,5-6,18H2. The number of hydrogen-bond donors (Lipinski definition) is 1. The van der Waals surface area contributed by atoms with Crippen LogP contribution < -0.4 is 10.5 Å². The zero-order valence-corrected chi connectivity index (χ0v) is 13.1. The van der Waals surface area contributed by atoms with Crippen molar-refractivity contribution in [3.05, 3.63) is 56.5 Å². The molecule has 2 rings (SSSR count). The predicted molar refractivity (Wildman–Crippen MR) is 83.4 cm³/mol. The maximum absolute atomic E-state index is 6.06. The molecule has 19 heavy (non-hydrogen) atoms. The van der Waals surface area contributed by atoms with Crippen LogP contribution in [0.15, 0.2) is 40.9 Å². The topological polar surface area (TPSA) is 35.2 Å². The van der Waals surface area contributed by atoms with E-state index in [1.54, 1.807) is 18.2 Å². The molecule has 0 aliphatic carbocycles. The maximum Gasteiger partial charge on any atom is 0.147 e. The molecule has 0 aliphatic heterocycles. The molecule has 5 heteroatoms. The zero-order chi connectivity index (χ0) is 13.8. The van der Waals surface area contributed by atoms with Crippen LogP contribution in [0.25, 0.3) is 0 Å². The molecule has 0 atom stereocenters. The first kappa shape index (κ1) is 14.7. The summed E-state index contributed by atoms with van der Waals surface area (Å²) in [6.45, 7) is 0.610. The van der Waals surface area contributed by atoms with Gasteiger partial charge < -0.3 is 10.5 Å². The average Bonchev–Trinajstić information content (AvgIpc) is 2.37. The third-order valence-corrected chi connectivity index (χ3v) is 3.84. The molecule has 0 heterocycles. The number of rotatable bonds is 4. The Balaban J connectivity index is 2.24. The largest absolute Gasteiger partial charge is 0.456 e. The second-order valence-corrected chi connectivity index (χ2v) is 5.67. The lowest BCUT2D eigenvalue weighted by molar-refractivity contribution is 0.482. The smallest absolute Gasteiger partial charge is 0.147 e. The summed E-state index contributed by atoms with van der Waals surface area (Å²) in [5, 5.41) is 1.10. The van der Waals surface area contributed by atoms with Gasteiger partial charge in [-0.15, -0.1) is 0 Å². The van der Waals surface area contributed by atoms with Gasteiger partial charge in [-0.25, -0.2) is 0 Å². The normalized spacial score (nSPS) is 10.5. The van der Waals surface area contributed by atoms with E-state index >= 15 is 0 Å². The van der Waals surface area contributed by atoms with E-state index in [1.807, 2.05) is 18.2 Å². The highest BCUT2D eigenvalue weighted by Gasteiger charge is 2.06. The van der Waals surface area contributed by atoms with Crippen molar-refractivity contribution >= 4 is 39.1 Å². The molecular weight excluding hydrogens is 349 g/mol. The van der Waals surface area contributed by atoms with Gasteiger partial charge in [0.1, 0.15) is 11.5 Å². The van der Waals surface area contributed by atoms with Gasteiger partial charge in [-0.05, 0) is 42.8 Å². The van der Waals surface area contributed by atoms with Crippen LogP contribution in [-0.2, 0) is 6.42 Å². The van der Waals surface area contributed by atoms with Crippen LogP contribution in [0.3, 0.4) is 0 Å². The van der Waals surface area contributed by atoms with Gasteiger partial charge in [0.15, 0.2) is 0 Å². The number of nitrogens with two attached hydrogens (primary N) is 1. The minimum absolute atomic E-state index is 0.520. The second kappa shape index (κ2) is 6.62.